The first-order chi connectivity index (χ1) is 9.33. The number of hydrazine groups is 1. The van der Waals surface area contributed by atoms with Gasteiger partial charge < -0.3 is 4.74 Å². The van der Waals surface area contributed by atoms with Gasteiger partial charge in [-0.2, -0.15) is 0 Å². The highest BCUT2D eigenvalue weighted by Crippen LogP contribution is 2.23. The van der Waals surface area contributed by atoms with Crippen LogP contribution in [-0.4, -0.2) is 11.6 Å². The molecule has 0 aliphatic carbocycles. The van der Waals surface area contributed by atoms with E-state index < -0.39 is 0 Å². The highest BCUT2D eigenvalue weighted by molar-refractivity contribution is 7.09. The van der Waals surface area contributed by atoms with Crippen LogP contribution in [0.1, 0.15) is 29.8 Å². The Morgan fingerprint density at radius 3 is 3.05 bits per heavy atom. The highest BCUT2D eigenvalue weighted by atomic mass is 32.1. The van der Waals surface area contributed by atoms with E-state index in [1.54, 1.807) is 17.5 Å². The van der Waals surface area contributed by atoms with E-state index in [2.05, 4.69) is 28.8 Å². The van der Waals surface area contributed by atoms with Crippen molar-refractivity contribution in [3.63, 3.8) is 0 Å². The fourth-order valence-electron chi connectivity index (χ4n) is 1.83. The van der Waals surface area contributed by atoms with E-state index >= 15 is 0 Å². The number of nitrogens with one attached hydrogen (secondary N) is 1. The summed E-state index contributed by atoms with van der Waals surface area (Å²) in [5.41, 5.74) is 3.90. The summed E-state index contributed by atoms with van der Waals surface area (Å²) < 4.78 is 5.60. The Morgan fingerprint density at radius 2 is 2.37 bits per heavy atom. The van der Waals surface area contributed by atoms with Crippen molar-refractivity contribution in [2.75, 3.05) is 6.61 Å². The van der Waals surface area contributed by atoms with Crippen LogP contribution in [-0.2, 0) is 6.42 Å². The normalized spacial score (nSPS) is 12.3. The van der Waals surface area contributed by atoms with E-state index in [0.717, 1.165) is 24.2 Å². The van der Waals surface area contributed by atoms with Crippen molar-refractivity contribution in [2.24, 2.45) is 5.84 Å². The van der Waals surface area contributed by atoms with Gasteiger partial charge in [-0.05, 0) is 29.5 Å². The van der Waals surface area contributed by atoms with Gasteiger partial charge in [0, 0.05) is 17.5 Å². The van der Waals surface area contributed by atoms with Gasteiger partial charge in [0.2, 0.25) is 0 Å². The number of aromatic nitrogens is 1. The second-order valence-electron chi connectivity index (χ2n) is 4.31. The number of hydrogen-bond acceptors (Lipinski definition) is 5. The van der Waals surface area contributed by atoms with Gasteiger partial charge in [-0.1, -0.05) is 13.0 Å². The molecule has 0 aromatic carbocycles. The molecular formula is C14H19N3OS. The van der Waals surface area contributed by atoms with Gasteiger partial charge in [0.15, 0.2) is 0 Å². The summed E-state index contributed by atoms with van der Waals surface area (Å²) in [7, 11) is 0. The van der Waals surface area contributed by atoms with Gasteiger partial charge in [-0.15, -0.1) is 11.3 Å². The van der Waals surface area contributed by atoms with E-state index in [4.69, 9.17) is 10.6 Å². The van der Waals surface area contributed by atoms with Crippen LogP contribution >= 0.6 is 11.3 Å². The first-order valence-electron chi connectivity index (χ1n) is 6.39. The topological polar surface area (TPSA) is 60.2 Å². The molecule has 1 unspecified atom stereocenters. The molecule has 1 atom stereocenters. The Labute approximate surface area is 117 Å². The van der Waals surface area contributed by atoms with Gasteiger partial charge in [0.25, 0.3) is 0 Å². The predicted molar refractivity (Wildman–Crippen MR) is 78.1 cm³/mol. The zero-order valence-corrected chi connectivity index (χ0v) is 11.8. The number of nitrogens with zero attached hydrogens (tertiary/aromatic N) is 1. The Morgan fingerprint density at radius 1 is 1.47 bits per heavy atom. The van der Waals surface area contributed by atoms with Crippen LogP contribution in [0.5, 0.6) is 5.75 Å². The first-order valence-corrected chi connectivity index (χ1v) is 7.27. The molecule has 0 bridgehead atoms. The lowest BCUT2D eigenvalue weighted by Gasteiger charge is -2.16. The van der Waals surface area contributed by atoms with Crippen molar-refractivity contribution in [3.8, 4) is 5.75 Å². The quantitative estimate of drug-likeness (QED) is 0.603. The molecule has 0 radical (unpaired) electrons. The van der Waals surface area contributed by atoms with Crippen LogP contribution in [0.25, 0.3) is 0 Å². The highest BCUT2D eigenvalue weighted by Gasteiger charge is 2.12. The molecule has 0 saturated carbocycles. The van der Waals surface area contributed by atoms with Crippen molar-refractivity contribution >= 4 is 11.3 Å². The monoisotopic (exact) mass is 277 g/mol. The Kier molecular flexibility index (Phi) is 5.32. The van der Waals surface area contributed by atoms with Crippen molar-refractivity contribution in [1.82, 2.24) is 10.4 Å². The molecule has 0 aliphatic heterocycles. The van der Waals surface area contributed by atoms with Gasteiger partial charge >= 0.3 is 0 Å². The minimum Gasteiger partial charge on any atom is -0.492 e. The minimum absolute atomic E-state index is 0.0522. The zero-order valence-electron chi connectivity index (χ0n) is 11.0. The third kappa shape index (κ3) is 4.02. The molecule has 4 nitrogen and oxygen atoms in total. The van der Waals surface area contributed by atoms with Crippen LogP contribution in [0.2, 0.25) is 0 Å². The van der Waals surface area contributed by atoms with Crippen molar-refractivity contribution in [3.05, 3.63) is 46.4 Å². The summed E-state index contributed by atoms with van der Waals surface area (Å²) in [4.78, 5) is 5.51. The van der Waals surface area contributed by atoms with E-state index in [9.17, 15) is 0 Å². The van der Waals surface area contributed by atoms with E-state index in [1.165, 1.54) is 4.88 Å². The maximum absolute atomic E-state index is 5.66. The van der Waals surface area contributed by atoms with Crippen LogP contribution in [0.15, 0.2) is 36.0 Å². The van der Waals surface area contributed by atoms with Gasteiger partial charge in [-0.3, -0.25) is 16.3 Å². The van der Waals surface area contributed by atoms with Gasteiger partial charge in [-0.25, -0.2) is 0 Å². The van der Waals surface area contributed by atoms with Crippen LogP contribution in [0, 0.1) is 0 Å². The summed E-state index contributed by atoms with van der Waals surface area (Å²) in [5.74, 6) is 6.45. The Bertz CT molecular complexity index is 487. The molecule has 3 N–H and O–H groups in total. The largest absolute Gasteiger partial charge is 0.492 e. The average molecular weight is 277 g/mol. The van der Waals surface area contributed by atoms with Gasteiger partial charge in [0.1, 0.15) is 5.75 Å². The third-order valence-corrected chi connectivity index (χ3v) is 3.69. The first kappa shape index (κ1) is 14.0. The molecule has 2 rings (SSSR count). The average Bonchev–Trinajstić information content (AvgIpc) is 2.96. The SMILES string of the molecule is CCCOc1cncc(C(Cc2cccs2)NN)c1. The lowest BCUT2D eigenvalue weighted by atomic mass is 10.1. The number of nitrogens with two attached hydrogens (primary N) is 1. The van der Waals surface area contributed by atoms with Crippen LogP contribution in [0.3, 0.4) is 0 Å². The molecule has 5 heteroatoms. The second kappa shape index (κ2) is 7.23. The summed E-state index contributed by atoms with van der Waals surface area (Å²) in [6.45, 7) is 2.79. The second-order valence-corrected chi connectivity index (χ2v) is 5.34. The molecular weight excluding hydrogens is 258 g/mol. The molecule has 2 aromatic rings. The van der Waals surface area contributed by atoms with Crippen LogP contribution in [0.4, 0.5) is 0 Å². The maximum atomic E-state index is 5.66. The van der Waals surface area contributed by atoms with Crippen molar-refractivity contribution in [1.29, 1.82) is 0 Å². The van der Waals surface area contributed by atoms with Crippen molar-refractivity contribution < 1.29 is 4.74 Å². The summed E-state index contributed by atoms with van der Waals surface area (Å²) in [6, 6.07) is 6.21. The number of pyridine rings is 1. The Balaban J connectivity index is 2.09. The molecule has 0 spiro atoms. The third-order valence-electron chi connectivity index (χ3n) is 2.80. The summed E-state index contributed by atoms with van der Waals surface area (Å²) >= 11 is 1.73. The zero-order chi connectivity index (χ0) is 13.5. The van der Waals surface area contributed by atoms with Gasteiger partial charge in [0.05, 0.1) is 18.8 Å². The molecule has 102 valence electrons. The molecule has 19 heavy (non-hydrogen) atoms. The van der Waals surface area contributed by atoms with Crippen LogP contribution < -0.4 is 16.0 Å². The summed E-state index contributed by atoms with van der Waals surface area (Å²) in [6.07, 6.45) is 5.40. The molecule has 0 amide bonds. The number of hydrogen-bond donors (Lipinski definition) is 2. The summed E-state index contributed by atoms with van der Waals surface area (Å²) in [5, 5.41) is 2.07. The Hall–Kier alpha value is -1.43. The molecule has 0 saturated heterocycles. The number of ether oxygens (including phenoxy) is 1. The number of rotatable bonds is 7. The van der Waals surface area contributed by atoms with E-state index in [1.807, 2.05) is 18.3 Å². The molecule has 0 aliphatic rings. The molecule has 2 heterocycles. The van der Waals surface area contributed by atoms with Crippen molar-refractivity contribution in [2.45, 2.75) is 25.8 Å². The standard InChI is InChI=1S/C14H19N3OS/c1-2-5-18-12-7-11(9-16-10-12)14(17-15)8-13-4-3-6-19-13/h3-4,6-7,9-10,14,17H,2,5,8,15H2,1H3. The number of thiophene rings is 1. The van der Waals surface area contributed by atoms with E-state index in [0.29, 0.717) is 6.61 Å². The fraction of sp³-hybridized carbons (Fsp3) is 0.357. The fourth-order valence-corrected chi connectivity index (χ4v) is 2.58. The smallest absolute Gasteiger partial charge is 0.137 e. The lowest BCUT2D eigenvalue weighted by Crippen LogP contribution is -2.29. The molecule has 2 aromatic heterocycles. The lowest BCUT2D eigenvalue weighted by molar-refractivity contribution is 0.315. The van der Waals surface area contributed by atoms with E-state index in [-0.39, 0.29) is 6.04 Å². The maximum Gasteiger partial charge on any atom is 0.137 e. The minimum atomic E-state index is 0.0522. The predicted octanol–water partition coefficient (Wildman–Crippen LogP) is 2.68. The molecule has 0 fully saturated rings.